The molecular formula is C12H15Cl2NO. The van der Waals surface area contributed by atoms with Crippen LogP contribution in [0.25, 0.3) is 0 Å². The largest absolute Gasteiger partial charge is 0.353 e. The molecule has 1 aromatic carbocycles. The molecule has 0 bridgehead atoms. The quantitative estimate of drug-likeness (QED) is 0.810. The number of alkyl halides is 1. The van der Waals surface area contributed by atoms with E-state index in [0.29, 0.717) is 17.3 Å². The Hall–Kier alpha value is -0.730. The summed E-state index contributed by atoms with van der Waals surface area (Å²) in [5.74, 6) is 0.572. The number of hydrogen-bond acceptors (Lipinski definition) is 1. The van der Waals surface area contributed by atoms with Crippen LogP contribution in [0, 0.1) is 0 Å². The summed E-state index contributed by atoms with van der Waals surface area (Å²) in [4.78, 5) is 11.6. The van der Waals surface area contributed by atoms with E-state index < -0.39 is 0 Å². The molecule has 0 saturated carbocycles. The van der Waals surface area contributed by atoms with Crippen LogP contribution in [-0.2, 0) is 11.2 Å². The highest BCUT2D eigenvalue weighted by molar-refractivity contribution is 6.30. The second kappa shape index (κ2) is 6.77. The van der Waals surface area contributed by atoms with E-state index in [0.717, 1.165) is 12.0 Å². The molecule has 0 radical (unpaired) electrons. The van der Waals surface area contributed by atoms with Crippen LogP contribution in [0.5, 0.6) is 0 Å². The van der Waals surface area contributed by atoms with E-state index >= 15 is 0 Å². The second-order valence-corrected chi connectivity index (χ2v) is 4.56. The fraction of sp³-hybridized carbons (Fsp3) is 0.417. The number of benzene rings is 1. The molecule has 16 heavy (non-hydrogen) atoms. The summed E-state index contributed by atoms with van der Waals surface area (Å²) in [5, 5.41) is 3.57. The van der Waals surface area contributed by atoms with E-state index in [1.165, 1.54) is 0 Å². The van der Waals surface area contributed by atoms with Crippen molar-refractivity contribution in [3.63, 3.8) is 0 Å². The van der Waals surface area contributed by atoms with Gasteiger partial charge in [0.1, 0.15) is 0 Å². The van der Waals surface area contributed by atoms with E-state index in [1.54, 1.807) is 12.1 Å². The molecule has 1 atom stereocenters. The number of rotatable bonds is 5. The van der Waals surface area contributed by atoms with Crippen molar-refractivity contribution < 1.29 is 4.79 Å². The Kier molecular flexibility index (Phi) is 5.64. The molecule has 1 unspecified atom stereocenters. The topological polar surface area (TPSA) is 29.1 Å². The average molecular weight is 260 g/mol. The van der Waals surface area contributed by atoms with Gasteiger partial charge in [-0.2, -0.15) is 0 Å². The Morgan fingerprint density at radius 2 is 2.00 bits per heavy atom. The lowest BCUT2D eigenvalue weighted by molar-refractivity contribution is -0.121. The second-order valence-electron chi connectivity index (χ2n) is 3.75. The first-order valence-corrected chi connectivity index (χ1v) is 6.13. The maximum absolute atomic E-state index is 11.6. The third-order valence-corrected chi connectivity index (χ3v) is 2.70. The Morgan fingerprint density at radius 3 is 2.56 bits per heavy atom. The third-order valence-electron chi connectivity index (χ3n) is 2.23. The monoisotopic (exact) mass is 259 g/mol. The van der Waals surface area contributed by atoms with Crippen molar-refractivity contribution in [2.75, 3.05) is 5.88 Å². The Morgan fingerprint density at radius 1 is 1.38 bits per heavy atom. The highest BCUT2D eigenvalue weighted by Gasteiger charge is 2.07. The predicted octanol–water partition coefficient (Wildman–Crippen LogP) is 3.02. The van der Waals surface area contributed by atoms with Crippen LogP contribution < -0.4 is 5.32 Å². The molecule has 1 rings (SSSR count). The van der Waals surface area contributed by atoms with Crippen molar-refractivity contribution in [3.05, 3.63) is 34.9 Å². The average Bonchev–Trinajstić information content (AvgIpc) is 2.21. The fourth-order valence-electron chi connectivity index (χ4n) is 1.35. The molecule has 1 amide bonds. The first-order chi connectivity index (χ1) is 7.61. The molecule has 0 saturated heterocycles. The summed E-state index contributed by atoms with van der Waals surface area (Å²) in [6.07, 6.45) is 1.16. The van der Waals surface area contributed by atoms with Crippen molar-refractivity contribution in [3.8, 4) is 0 Å². The van der Waals surface area contributed by atoms with Crippen molar-refractivity contribution >= 4 is 29.1 Å². The van der Waals surface area contributed by atoms with Gasteiger partial charge in [-0.25, -0.2) is 0 Å². The molecule has 2 nitrogen and oxygen atoms in total. The van der Waals surface area contributed by atoms with Crippen molar-refractivity contribution in [2.45, 2.75) is 25.8 Å². The van der Waals surface area contributed by atoms with Gasteiger partial charge < -0.3 is 5.32 Å². The molecular weight excluding hydrogens is 245 g/mol. The third kappa shape index (κ3) is 4.86. The molecule has 0 aliphatic carbocycles. The number of amides is 1. The zero-order valence-corrected chi connectivity index (χ0v) is 10.7. The number of halogens is 2. The molecule has 0 aliphatic rings. The van der Waals surface area contributed by atoms with Crippen LogP contribution >= 0.6 is 23.2 Å². The molecule has 1 N–H and O–H groups in total. The lowest BCUT2D eigenvalue weighted by Crippen LogP contribution is -2.33. The first kappa shape index (κ1) is 13.3. The Bertz CT molecular complexity index is 337. The summed E-state index contributed by atoms with van der Waals surface area (Å²) >= 11 is 11.4. The zero-order valence-electron chi connectivity index (χ0n) is 9.17. The first-order valence-electron chi connectivity index (χ1n) is 5.21. The van der Waals surface area contributed by atoms with E-state index in [2.05, 4.69) is 5.32 Å². The van der Waals surface area contributed by atoms with Crippen LogP contribution in [0.15, 0.2) is 24.3 Å². The van der Waals surface area contributed by atoms with Gasteiger partial charge in [-0.15, -0.1) is 11.6 Å². The van der Waals surface area contributed by atoms with Crippen LogP contribution in [0.4, 0.5) is 0 Å². The Balaban J connectivity index is 2.42. The maximum Gasteiger partial charge on any atom is 0.224 e. The molecule has 0 heterocycles. The number of hydrogen-bond donors (Lipinski definition) is 1. The minimum Gasteiger partial charge on any atom is -0.353 e. The van der Waals surface area contributed by atoms with Gasteiger partial charge in [-0.05, 0) is 31.0 Å². The SMILES string of the molecule is CC(CCCl)NC(=O)Cc1ccc(Cl)cc1. The fourth-order valence-corrected chi connectivity index (χ4v) is 1.80. The van der Waals surface area contributed by atoms with Crippen molar-refractivity contribution in [1.29, 1.82) is 0 Å². The van der Waals surface area contributed by atoms with Gasteiger partial charge in [-0.1, -0.05) is 23.7 Å². The summed E-state index contributed by atoms with van der Waals surface area (Å²) in [6.45, 7) is 1.95. The predicted molar refractivity (Wildman–Crippen MR) is 68.1 cm³/mol. The van der Waals surface area contributed by atoms with E-state index in [4.69, 9.17) is 23.2 Å². The summed E-state index contributed by atoms with van der Waals surface area (Å²) < 4.78 is 0. The van der Waals surface area contributed by atoms with Gasteiger partial charge in [0.05, 0.1) is 6.42 Å². The molecule has 88 valence electrons. The Labute approximate surface area is 106 Å². The normalized spacial score (nSPS) is 12.2. The van der Waals surface area contributed by atoms with E-state index in [1.807, 2.05) is 19.1 Å². The molecule has 0 aliphatic heterocycles. The van der Waals surface area contributed by atoms with Crippen LogP contribution in [-0.4, -0.2) is 17.8 Å². The van der Waals surface area contributed by atoms with Crippen molar-refractivity contribution in [1.82, 2.24) is 5.32 Å². The zero-order chi connectivity index (χ0) is 12.0. The van der Waals surface area contributed by atoms with E-state index in [9.17, 15) is 4.79 Å². The highest BCUT2D eigenvalue weighted by atomic mass is 35.5. The minimum atomic E-state index is 0.0138. The van der Waals surface area contributed by atoms with Gasteiger partial charge in [0.2, 0.25) is 5.91 Å². The summed E-state index contributed by atoms with van der Waals surface area (Å²) in [6, 6.07) is 7.40. The smallest absolute Gasteiger partial charge is 0.224 e. The number of carbonyl (C=O) groups excluding carboxylic acids is 1. The molecule has 0 spiro atoms. The number of nitrogens with one attached hydrogen (secondary N) is 1. The minimum absolute atomic E-state index is 0.0138. The lowest BCUT2D eigenvalue weighted by Gasteiger charge is -2.12. The molecule has 0 fully saturated rings. The van der Waals surface area contributed by atoms with Crippen LogP contribution in [0.1, 0.15) is 18.9 Å². The molecule has 4 heteroatoms. The van der Waals surface area contributed by atoms with Crippen LogP contribution in [0.2, 0.25) is 5.02 Å². The standard InChI is InChI=1S/C12H15Cl2NO/c1-9(6-7-13)15-12(16)8-10-2-4-11(14)5-3-10/h2-5,9H,6-8H2,1H3,(H,15,16). The van der Waals surface area contributed by atoms with Gasteiger partial charge in [0, 0.05) is 16.9 Å². The summed E-state index contributed by atoms with van der Waals surface area (Å²) in [7, 11) is 0. The van der Waals surface area contributed by atoms with Gasteiger partial charge in [0.25, 0.3) is 0 Å². The molecule has 0 aromatic heterocycles. The van der Waals surface area contributed by atoms with Crippen molar-refractivity contribution in [2.24, 2.45) is 0 Å². The van der Waals surface area contributed by atoms with Gasteiger partial charge >= 0.3 is 0 Å². The number of carbonyl (C=O) groups is 1. The van der Waals surface area contributed by atoms with Crippen LogP contribution in [0.3, 0.4) is 0 Å². The summed E-state index contributed by atoms with van der Waals surface area (Å²) in [5.41, 5.74) is 0.958. The van der Waals surface area contributed by atoms with Gasteiger partial charge in [-0.3, -0.25) is 4.79 Å². The molecule has 1 aromatic rings. The highest BCUT2D eigenvalue weighted by Crippen LogP contribution is 2.09. The van der Waals surface area contributed by atoms with Gasteiger partial charge in [0.15, 0.2) is 0 Å². The maximum atomic E-state index is 11.6. The van der Waals surface area contributed by atoms with E-state index in [-0.39, 0.29) is 11.9 Å². The lowest BCUT2D eigenvalue weighted by atomic mass is 10.1.